The summed E-state index contributed by atoms with van der Waals surface area (Å²) in [6, 6.07) is -9.95. The van der Waals surface area contributed by atoms with E-state index in [1.165, 1.54) is 0 Å². The summed E-state index contributed by atoms with van der Waals surface area (Å²) >= 11 is 0. The Morgan fingerprint density at radius 2 is 0.351 bits per heavy atom. The van der Waals surface area contributed by atoms with Crippen molar-refractivity contribution in [2.24, 2.45) is 0 Å². The molecule has 12 rings (SSSR count). The lowest BCUT2D eigenvalue weighted by molar-refractivity contribution is -0.391. The zero-order valence-electron chi connectivity index (χ0n) is 79.3. The Bertz CT molecular complexity index is 4130. The molecule has 66 nitrogen and oxygen atoms in total. The molecule has 0 aliphatic carbocycles. The van der Waals surface area contributed by atoms with Gasteiger partial charge in [0.05, 0.1) is 79.3 Å². The molecule has 0 bridgehead atoms. The SMILES string of the molecule is CC(=O)N[C@H]1[C@H](OC[C@H]2O[C@@H](O[C@H]3[C@H](O)[C@@H](NC(C)=O)[C@H](O[C@H]4[C@@H](O)[C@@H](CO[C@@H]5O[C@H](CO)[C@@H](O[C@@H]6O[C@H](CO)[C@H](O)[C@H](O[C@@H]7O[C@H](CO)[C@@H](O[C@@H]8O[C@H](CO)[C@H](O)[C@H](O)[C@H]8O)[C@H](O)[C@H]7NC(C)=O)[C@H]6O)[C@H](O)[C@H]5NC(C)=O)O[C@@H](O[C@H]5[C@H](O)[C@@H](O)C(O)O[C@@H]5CO)[C@@H]4O)O[C@@H]3CO)[C@H](O)[C@@H](O[C@@H]3O[C@H](CO)[C@@H](O[C@@H]4O[C@H](CO)[C@H](O)[C@H](O)[C@H]4O)[C@H](O)[C@H]3NC(C)=O)[C@H]2O)O[C@H](CO)[C@@H](O[C@@H]2O[C@H](CO)[C@H](O)[C@@H](O)[C@H]2O)[C@@H]1O. The number of aliphatic hydroxyl groups excluding tert-OH is 33. The van der Waals surface area contributed by atoms with Gasteiger partial charge in [0, 0.05) is 34.6 Å². The van der Waals surface area contributed by atoms with Crippen molar-refractivity contribution in [3.8, 4) is 0 Å². The summed E-state index contributed by atoms with van der Waals surface area (Å²) in [6.45, 7) is -9.01. The highest BCUT2D eigenvalue weighted by atomic mass is 16.8. The van der Waals surface area contributed by atoms with E-state index in [2.05, 4.69) is 26.6 Å². The van der Waals surface area contributed by atoms with Crippen molar-refractivity contribution in [1.82, 2.24) is 26.6 Å². The molecule has 12 fully saturated rings. The molecule has 12 aliphatic heterocycles. The van der Waals surface area contributed by atoms with E-state index in [-0.39, 0.29) is 0 Å². The lowest BCUT2D eigenvalue weighted by Crippen LogP contribution is -2.71. The van der Waals surface area contributed by atoms with Crippen LogP contribution in [0.4, 0.5) is 0 Å². The molecule has 38 N–H and O–H groups in total. The monoisotopic (exact) mass is 2170 g/mol. The number of hydrogen-bond donors (Lipinski definition) is 38. The molecule has 148 heavy (non-hydrogen) atoms. The number of carbonyl (C=O) groups is 5. The molecule has 0 spiro atoms. The summed E-state index contributed by atoms with van der Waals surface area (Å²) < 4.78 is 136. The first-order valence-corrected chi connectivity index (χ1v) is 47.2. The fourth-order valence-electron chi connectivity index (χ4n) is 19.3. The van der Waals surface area contributed by atoms with Gasteiger partial charge < -0.3 is 304 Å². The third-order valence-electron chi connectivity index (χ3n) is 27.1. The molecule has 0 aromatic carbocycles. The van der Waals surface area contributed by atoms with E-state index in [1.807, 2.05) is 0 Å². The maximum absolute atomic E-state index is 13.5. The predicted octanol–water partition coefficient (Wildman–Crippen LogP) is -26.4. The summed E-state index contributed by atoms with van der Waals surface area (Å²) in [4.78, 5) is 65.7. The van der Waals surface area contributed by atoms with Crippen molar-refractivity contribution in [2.75, 3.05) is 79.3 Å². The normalized spacial score (nSPS) is 49.3. The van der Waals surface area contributed by atoms with Crippen LogP contribution in [0.5, 0.6) is 0 Å². The number of carbonyl (C=O) groups excluding carboxylic acids is 5. The summed E-state index contributed by atoms with van der Waals surface area (Å²) in [7, 11) is 0. The van der Waals surface area contributed by atoms with Gasteiger partial charge in [0.25, 0.3) is 0 Å². The molecule has 12 heterocycles. The van der Waals surface area contributed by atoms with E-state index in [4.69, 9.17) is 109 Å². The Balaban J connectivity index is 0.811. The van der Waals surface area contributed by atoms with E-state index in [0.717, 1.165) is 34.6 Å². The quantitative estimate of drug-likeness (QED) is 0.0272. The van der Waals surface area contributed by atoms with Crippen molar-refractivity contribution in [1.29, 1.82) is 0 Å². The molecule has 66 heteroatoms. The average molecular weight is 2170 g/mol. The smallest absolute Gasteiger partial charge is 0.217 e. The van der Waals surface area contributed by atoms with Gasteiger partial charge in [0.1, 0.15) is 293 Å². The van der Waals surface area contributed by atoms with E-state index in [0.29, 0.717) is 0 Å². The van der Waals surface area contributed by atoms with Crippen LogP contribution in [0.1, 0.15) is 34.6 Å². The van der Waals surface area contributed by atoms with Crippen molar-refractivity contribution < 1.29 is 301 Å². The molecule has 12 saturated heterocycles. The molecule has 0 aromatic rings. The zero-order valence-corrected chi connectivity index (χ0v) is 79.3. The van der Waals surface area contributed by atoms with E-state index >= 15 is 0 Å². The maximum Gasteiger partial charge on any atom is 0.217 e. The van der Waals surface area contributed by atoms with Gasteiger partial charge in [-0.1, -0.05) is 0 Å². The van der Waals surface area contributed by atoms with E-state index in [9.17, 15) is 192 Å². The molecular weight excluding hydrogens is 2030 g/mol. The van der Waals surface area contributed by atoms with Crippen molar-refractivity contribution in [3.05, 3.63) is 0 Å². The molecule has 856 valence electrons. The number of nitrogens with one attached hydrogen (secondary N) is 5. The number of amides is 5. The maximum atomic E-state index is 13.5. The first-order valence-electron chi connectivity index (χ1n) is 47.2. The van der Waals surface area contributed by atoms with Crippen LogP contribution in [0.25, 0.3) is 0 Å². The largest absolute Gasteiger partial charge is 0.394 e. The fourth-order valence-corrected chi connectivity index (χ4v) is 19.3. The van der Waals surface area contributed by atoms with Crippen LogP contribution in [0, 0.1) is 0 Å². The number of ether oxygens (including phenoxy) is 23. The van der Waals surface area contributed by atoms with Gasteiger partial charge in [-0.05, 0) is 0 Å². The topological polar surface area (TPSA) is 1030 Å². The third kappa shape index (κ3) is 26.9. The molecule has 60 atom stereocenters. The Hall–Kier alpha value is -4.89. The van der Waals surface area contributed by atoms with Crippen LogP contribution in [0.2, 0.25) is 0 Å². The van der Waals surface area contributed by atoms with E-state index < -0.39 is 477 Å². The van der Waals surface area contributed by atoms with Gasteiger partial charge in [-0.15, -0.1) is 0 Å². The summed E-state index contributed by atoms with van der Waals surface area (Å²) in [5.74, 6) is -4.96. The van der Waals surface area contributed by atoms with Gasteiger partial charge in [0.15, 0.2) is 75.5 Å². The van der Waals surface area contributed by atoms with Gasteiger partial charge in [-0.3, -0.25) is 24.0 Å². The second kappa shape index (κ2) is 53.4. The molecule has 12 aliphatic rings. The van der Waals surface area contributed by atoms with Crippen LogP contribution >= 0.6 is 0 Å². The Labute approximate surface area is 837 Å². The highest BCUT2D eigenvalue weighted by molar-refractivity contribution is 5.75. The van der Waals surface area contributed by atoms with Crippen LogP contribution in [-0.2, 0) is 133 Å². The Morgan fingerprint density at radius 1 is 0.176 bits per heavy atom. The second-order valence-electron chi connectivity index (χ2n) is 37.4. The number of hydrogen-bond acceptors (Lipinski definition) is 61. The van der Waals surface area contributed by atoms with Gasteiger partial charge in [0.2, 0.25) is 29.5 Å². The van der Waals surface area contributed by atoms with Crippen molar-refractivity contribution >= 4 is 29.5 Å². The minimum atomic E-state index is -2.60. The second-order valence-corrected chi connectivity index (χ2v) is 37.4. The lowest BCUT2D eigenvalue weighted by Gasteiger charge is -2.51. The fraction of sp³-hybridized carbons (Fsp3) is 0.939. The molecule has 5 amide bonds. The first kappa shape index (κ1) is 122. The van der Waals surface area contributed by atoms with Crippen molar-refractivity contribution in [2.45, 2.75) is 403 Å². The number of aliphatic hydroxyl groups is 33. The summed E-state index contributed by atoms with van der Waals surface area (Å²) in [5.41, 5.74) is 0. The minimum Gasteiger partial charge on any atom is -0.394 e. The van der Waals surface area contributed by atoms with E-state index in [1.54, 1.807) is 0 Å². The van der Waals surface area contributed by atoms with Gasteiger partial charge in [-0.2, -0.15) is 0 Å². The highest BCUT2D eigenvalue weighted by Gasteiger charge is 2.64. The molecule has 0 aromatic heterocycles. The molecule has 0 radical (unpaired) electrons. The Kier molecular flexibility index (Phi) is 43.9. The number of rotatable bonds is 39. The molecule has 0 saturated carbocycles. The highest BCUT2D eigenvalue weighted by Crippen LogP contribution is 2.43. The van der Waals surface area contributed by atoms with Crippen molar-refractivity contribution in [3.63, 3.8) is 0 Å². The van der Waals surface area contributed by atoms with Gasteiger partial charge in [-0.25, -0.2) is 0 Å². The standard InChI is InChI=1S/C82H137N5O61/c1-18(98)83-35-46(109)62(140-77-56(119)51(114)40(103)23(6-88)129-77)28(11-93)133-72(35)126-16-33-44(107)69(147-75-38(86-21(4)101)49(112)65(31(14-96)136-75)142-79-58(121)53(116)42(105)25(8-90)131-79)60(123)81(138-33)144-66-32(15-97)137-76(39(50(66)113)87-22(5)102)148-70-45(108)34(139-82(61(70)124)145-67-27(10-92)128-71(125)55(118)54(67)117)17-127-73-36(84-19(2)99)47(110)63(29(12-94)134-73)143-80-59(122)68(43(106)26(9-91)132-80)146-74-37(85-20(3)100)48(111)64(30(13-95)135-74)141-78-57(120)52(115)41(104)24(7-89)130-78/h23-82,88-97,103-125H,6-17H2,1-5H3,(H,83,98)(H,84,99)(H,85,100)(H,86,101)(H,87,102)/t23-,24-,25-,26-,27-,28-,29-,30-,31-,32-,33-,34-,35-,36-,37-,38-,39-,40+,41+,42+,43+,44+,45+,46-,47-,48-,49-,50-,51-,52+,53+,54-,55-,56-,57-,58-,59-,60-,61-,62-,63-,64-,65-,66-,67-,68+,69+,70+,71?,72-,73-,74+,75+,76+,77+,78+,79+,80+,81+,82+/m1/s1. The third-order valence-corrected chi connectivity index (χ3v) is 27.1. The molecular formula is C82H137N5O61. The van der Waals surface area contributed by atoms with Crippen LogP contribution in [-0.4, -0.2) is 645 Å². The van der Waals surface area contributed by atoms with Gasteiger partial charge >= 0.3 is 0 Å². The molecule has 1 unspecified atom stereocenters. The Morgan fingerprint density at radius 3 is 0.581 bits per heavy atom. The lowest BCUT2D eigenvalue weighted by atomic mass is 9.93. The van der Waals surface area contributed by atoms with Crippen LogP contribution < -0.4 is 26.6 Å². The minimum absolute atomic E-state index is 0.850. The first-order chi connectivity index (χ1) is 70.1. The predicted molar refractivity (Wildman–Crippen MR) is 453 cm³/mol. The average Bonchev–Trinajstić information content (AvgIpc) is 0.771. The summed E-state index contributed by atoms with van der Waals surface area (Å²) in [5, 5.41) is 381. The summed E-state index contributed by atoms with van der Waals surface area (Å²) in [6.07, 6.45) is -117. The zero-order chi connectivity index (χ0) is 109. The van der Waals surface area contributed by atoms with Crippen LogP contribution in [0.3, 0.4) is 0 Å². The van der Waals surface area contributed by atoms with Crippen LogP contribution in [0.15, 0.2) is 0 Å².